The van der Waals surface area contributed by atoms with Crippen molar-refractivity contribution < 1.29 is 36.7 Å². The van der Waals surface area contributed by atoms with Gasteiger partial charge in [-0.15, -0.1) is 13.2 Å². The average molecular weight is 427 g/mol. The SMILES string of the molecule is N.Oc1cc(-c2ccc(O[C@H]3C[C@@H](c4cc(OC(F)(F)F)ccc4F)C3)nc2)on1. The first-order chi connectivity index (χ1) is 13.8. The van der Waals surface area contributed by atoms with Gasteiger partial charge < -0.3 is 25.3 Å². The molecule has 11 heteroatoms. The number of halogens is 4. The van der Waals surface area contributed by atoms with Crippen molar-refractivity contribution in [1.29, 1.82) is 0 Å². The van der Waals surface area contributed by atoms with E-state index >= 15 is 0 Å². The largest absolute Gasteiger partial charge is 0.573 e. The molecule has 1 aliphatic rings. The molecule has 1 aliphatic carbocycles. The molecule has 0 aliphatic heterocycles. The van der Waals surface area contributed by atoms with Crippen LogP contribution in [0.2, 0.25) is 0 Å². The lowest BCUT2D eigenvalue weighted by Crippen LogP contribution is -2.33. The molecule has 0 radical (unpaired) electrons. The van der Waals surface area contributed by atoms with Crippen molar-refractivity contribution in [1.82, 2.24) is 16.3 Å². The molecule has 3 aromatic rings. The van der Waals surface area contributed by atoms with E-state index < -0.39 is 17.9 Å². The summed E-state index contributed by atoms with van der Waals surface area (Å²) in [6.07, 6.45) is -2.71. The lowest BCUT2D eigenvalue weighted by atomic mass is 9.77. The monoisotopic (exact) mass is 427 g/mol. The molecule has 7 nitrogen and oxygen atoms in total. The van der Waals surface area contributed by atoms with Crippen LogP contribution in [0.5, 0.6) is 17.5 Å². The van der Waals surface area contributed by atoms with Crippen LogP contribution < -0.4 is 15.6 Å². The van der Waals surface area contributed by atoms with Gasteiger partial charge in [0.2, 0.25) is 5.88 Å². The first kappa shape index (κ1) is 21.4. The van der Waals surface area contributed by atoms with E-state index in [-0.39, 0.29) is 29.6 Å². The second kappa shape index (κ2) is 8.19. The van der Waals surface area contributed by atoms with Gasteiger partial charge >= 0.3 is 6.36 Å². The van der Waals surface area contributed by atoms with Crippen molar-refractivity contribution in [2.24, 2.45) is 0 Å². The molecule has 1 fully saturated rings. The molecule has 0 atom stereocenters. The normalized spacial score (nSPS) is 18.3. The molecular weight excluding hydrogens is 410 g/mol. The first-order valence-corrected chi connectivity index (χ1v) is 8.61. The molecule has 160 valence electrons. The zero-order valence-corrected chi connectivity index (χ0v) is 15.4. The molecule has 0 spiro atoms. The lowest BCUT2D eigenvalue weighted by Gasteiger charge is -2.35. The molecule has 1 saturated carbocycles. The summed E-state index contributed by atoms with van der Waals surface area (Å²) in [5.74, 6) is -0.849. The van der Waals surface area contributed by atoms with E-state index in [1.807, 2.05) is 0 Å². The third kappa shape index (κ3) is 4.79. The lowest BCUT2D eigenvalue weighted by molar-refractivity contribution is -0.274. The summed E-state index contributed by atoms with van der Waals surface area (Å²) in [5, 5.41) is 12.6. The van der Waals surface area contributed by atoms with Gasteiger partial charge in [0.15, 0.2) is 5.76 Å². The fourth-order valence-electron chi connectivity index (χ4n) is 3.12. The quantitative estimate of drug-likeness (QED) is 0.553. The van der Waals surface area contributed by atoms with Crippen molar-refractivity contribution >= 4 is 0 Å². The van der Waals surface area contributed by atoms with Crippen LogP contribution in [-0.2, 0) is 0 Å². The van der Waals surface area contributed by atoms with Gasteiger partial charge in [0.25, 0.3) is 5.88 Å². The van der Waals surface area contributed by atoms with Gasteiger partial charge in [0.1, 0.15) is 17.7 Å². The Kier molecular flexibility index (Phi) is 5.83. The zero-order chi connectivity index (χ0) is 20.6. The predicted molar refractivity (Wildman–Crippen MR) is 95.9 cm³/mol. The highest BCUT2D eigenvalue weighted by molar-refractivity contribution is 5.57. The summed E-state index contributed by atoms with van der Waals surface area (Å²) < 4.78 is 65.5. The molecule has 4 N–H and O–H groups in total. The van der Waals surface area contributed by atoms with Crippen molar-refractivity contribution in [3.05, 3.63) is 54.0 Å². The molecular formula is C19H17F4N3O4. The van der Waals surface area contributed by atoms with Crippen LogP contribution in [0.25, 0.3) is 11.3 Å². The Hall–Kier alpha value is -3.34. The Morgan fingerprint density at radius 2 is 1.87 bits per heavy atom. The van der Waals surface area contributed by atoms with E-state index in [0.29, 0.717) is 30.0 Å². The number of ether oxygens (including phenoxy) is 2. The number of nitrogens with zero attached hydrogens (tertiary/aromatic N) is 2. The molecule has 1 aromatic carbocycles. The van der Waals surface area contributed by atoms with Gasteiger partial charge in [-0.2, -0.15) is 0 Å². The van der Waals surface area contributed by atoms with Crippen LogP contribution in [0.15, 0.2) is 47.1 Å². The molecule has 0 bridgehead atoms. The first-order valence-electron chi connectivity index (χ1n) is 8.61. The molecule has 2 heterocycles. The van der Waals surface area contributed by atoms with Crippen LogP contribution in [0, 0.1) is 5.82 Å². The summed E-state index contributed by atoms with van der Waals surface area (Å²) in [7, 11) is 0. The summed E-state index contributed by atoms with van der Waals surface area (Å²) >= 11 is 0. The summed E-state index contributed by atoms with van der Waals surface area (Å²) in [4.78, 5) is 4.15. The van der Waals surface area contributed by atoms with Crippen LogP contribution in [0.3, 0.4) is 0 Å². The van der Waals surface area contributed by atoms with E-state index in [4.69, 9.17) is 9.26 Å². The van der Waals surface area contributed by atoms with E-state index in [9.17, 15) is 22.7 Å². The number of aromatic nitrogens is 2. The van der Waals surface area contributed by atoms with Gasteiger partial charge in [-0.3, -0.25) is 0 Å². The van der Waals surface area contributed by atoms with Crippen molar-refractivity contribution in [3.8, 4) is 28.8 Å². The number of rotatable bonds is 5. The number of pyridine rings is 1. The van der Waals surface area contributed by atoms with Crippen molar-refractivity contribution in [2.75, 3.05) is 0 Å². The smallest absolute Gasteiger partial charge is 0.491 e. The Labute approximate surface area is 167 Å². The molecule has 4 rings (SSSR count). The average Bonchev–Trinajstić information content (AvgIpc) is 3.05. The minimum absolute atomic E-state index is 0. The number of hydrogen-bond acceptors (Lipinski definition) is 7. The van der Waals surface area contributed by atoms with E-state index in [1.54, 1.807) is 12.1 Å². The number of alkyl halides is 3. The maximum atomic E-state index is 14.0. The van der Waals surface area contributed by atoms with Crippen LogP contribution >= 0.6 is 0 Å². The fraction of sp³-hybridized carbons (Fsp3) is 0.263. The summed E-state index contributed by atoms with van der Waals surface area (Å²) in [6, 6.07) is 7.62. The molecule has 0 unspecified atom stereocenters. The van der Waals surface area contributed by atoms with Crippen LogP contribution in [-0.4, -0.2) is 27.7 Å². The molecule has 0 amide bonds. The molecule has 0 saturated heterocycles. The second-order valence-electron chi connectivity index (χ2n) is 6.57. The van der Waals surface area contributed by atoms with Gasteiger partial charge in [-0.25, -0.2) is 9.37 Å². The van der Waals surface area contributed by atoms with Gasteiger partial charge in [0.05, 0.1) is 0 Å². The maximum absolute atomic E-state index is 14.0. The summed E-state index contributed by atoms with van der Waals surface area (Å²) in [6.45, 7) is 0. The van der Waals surface area contributed by atoms with E-state index in [2.05, 4.69) is 14.9 Å². The Balaban J connectivity index is 0.00000256. The minimum atomic E-state index is -4.83. The van der Waals surface area contributed by atoms with Crippen molar-refractivity contribution in [2.45, 2.75) is 31.2 Å². The Morgan fingerprint density at radius 1 is 1.10 bits per heavy atom. The Bertz CT molecular complexity index is 1000. The third-order valence-corrected chi connectivity index (χ3v) is 4.54. The topological polar surface area (TPSA) is 113 Å². The third-order valence-electron chi connectivity index (χ3n) is 4.54. The number of hydrogen-bond donors (Lipinski definition) is 2. The van der Waals surface area contributed by atoms with Gasteiger partial charge in [0, 0.05) is 23.9 Å². The van der Waals surface area contributed by atoms with Crippen molar-refractivity contribution in [3.63, 3.8) is 0 Å². The van der Waals surface area contributed by atoms with Gasteiger partial charge in [-0.1, -0.05) is 0 Å². The summed E-state index contributed by atoms with van der Waals surface area (Å²) in [5.41, 5.74) is 0.764. The fourth-order valence-corrected chi connectivity index (χ4v) is 3.12. The standard InChI is InChI=1S/C19H14F4N2O4.H3N/c20-15-3-2-12(28-19(21,22)23)7-14(15)11-5-13(6-11)27-18-4-1-10(9-24-18)16-8-17(26)25-29-16;/h1-4,7-9,11,13H,5-6H2,(H,25,26);1H3/t11-,13+;. The minimum Gasteiger partial charge on any atom is -0.491 e. The number of aromatic hydroxyl groups is 1. The maximum Gasteiger partial charge on any atom is 0.573 e. The van der Waals surface area contributed by atoms with E-state index in [1.165, 1.54) is 12.3 Å². The highest BCUT2D eigenvalue weighted by atomic mass is 19.4. The molecule has 2 aromatic heterocycles. The second-order valence-corrected chi connectivity index (χ2v) is 6.57. The number of benzene rings is 1. The van der Waals surface area contributed by atoms with Crippen LogP contribution in [0.1, 0.15) is 24.3 Å². The predicted octanol–water partition coefficient (Wildman–Crippen LogP) is 4.97. The highest BCUT2D eigenvalue weighted by Gasteiger charge is 2.36. The zero-order valence-electron chi connectivity index (χ0n) is 15.4. The molecule has 30 heavy (non-hydrogen) atoms. The van der Waals surface area contributed by atoms with E-state index in [0.717, 1.165) is 18.2 Å². The van der Waals surface area contributed by atoms with Gasteiger partial charge in [-0.05, 0) is 53.7 Å². The Morgan fingerprint density at radius 3 is 2.47 bits per heavy atom. The highest BCUT2D eigenvalue weighted by Crippen LogP contribution is 2.41. The van der Waals surface area contributed by atoms with Crippen LogP contribution in [0.4, 0.5) is 17.6 Å².